The molecule has 1 aliphatic rings. The van der Waals surface area contributed by atoms with Crippen molar-refractivity contribution in [3.05, 3.63) is 34.5 Å². The van der Waals surface area contributed by atoms with Crippen molar-refractivity contribution in [2.24, 2.45) is 0 Å². The highest BCUT2D eigenvalue weighted by molar-refractivity contribution is 6.31. The number of hydrogen-bond donors (Lipinski definition) is 2. The molecule has 0 aliphatic heterocycles. The predicted molar refractivity (Wildman–Crippen MR) is 67.9 cm³/mol. The van der Waals surface area contributed by atoms with Crippen LogP contribution in [-0.2, 0) is 6.54 Å². The predicted octanol–water partition coefficient (Wildman–Crippen LogP) is 3.38. The van der Waals surface area contributed by atoms with Crippen LogP contribution in [0.25, 0.3) is 10.9 Å². The number of rotatable bonds is 3. The smallest absolute Gasteiger partial charge is 0.0474 e. The summed E-state index contributed by atoms with van der Waals surface area (Å²) in [7, 11) is 0. The third-order valence-corrected chi connectivity index (χ3v) is 3.50. The van der Waals surface area contributed by atoms with Gasteiger partial charge in [0, 0.05) is 34.2 Å². The molecule has 1 heterocycles. The molecule has 0 bridgehead atoms. The summed E-state index contributed by atoms with van der Waals surface area (Å²) in [6.45, 7) is 3.10. The summed E-state index contributed by atoms with van der Waals surface area (Å²) in [5, 5.41) is 5.59. The number of aromatic nitrogens is 1. The van der Waals surface area contributed by atoms with E-state index in [2.05, 4.69) is 23.3 Å². The van der Waals surface area contributed by atoms with Crippen molar-refractivity contribution >= 4 is 22.5 Å². The molecule has 1 aliphatic carbocycles. The number of hydrogen-bond acceptors (Lipinski definition) is 1. The van der Waals surface area contributed by atoms with Crippen molar-refractivity contribution in [2.45, 2.75) is 32.4 Å². The van der Waals surface area contributed by atoms with Gasteiger partial charge in [0.15, 0.2) is 0 Å². The molecular weight excluding hydrogens is 220 g/mol. The van der Waals surface area contributed by atoms with E-state index >= 15 is 0 Å². The molecule has 0 radical (unpaired) electrons. The summed E-state index contributed by atoms with van der Waals surface area (Å²) < 4.78 is 0. The third kappa shape index (κ3) is 1.83. The van der Waals surface area contributed by atoms with Crippen LogP contribution in [0.15, 0.2) is 18.2 Å². The molecular formula is C13H15ClN2. The summed E-state index contributed by atoms with van der Waals surface area (Å²) in [6, 6.07) is 6.77. The van der Waals surface area contributed by atoms with Gasteiger partial charge in [-0.25, -0.2) is 0 Å². The van der Waals surface area contributed by atoms with Gasteiger partial charge in [-0.1, -0.05) is 17.7 Å². The summed E-state index contributed by atoms with van der Waals surface area (Å²) in [5.74, 6) is 0. The maximum absolute atomic E-state index is 5.98. The van der Waals surface area contributed by atoms with Crippen molar-refractivity contribution < 1.29 is 0 Å². The van der Waals surface area contributed by atoms with E-state index in [-0.39, 0.29) is 0 Å². The quantitative estimate of drug-likeness (QED) is 0.837. The number of benzene rings is 1. The van der Waals surface area contributed by atoms with E-state index in [4.69, 9.17) is 11.6 Å². The van der Waals surface area contributed by atoms with Crippen molar-refractivity contribution in [1.82, 2.24) is 10.3 Å². The number of halogens is 1. The van der Waals surface area contributed by atoms with Crippen LogP contribution in [0.3, 0.4) is 0 Å². The Morgan fingerprint density at radius 2 is 2.25 bits per heavy atom. The normalized spacial score (nSPS) is 15.9. The van der Waals surface area contributed by atoms with Gasteiger partial charge in [0.25, 0.3) is 0 Å². The average molecular weight is 235 g/mol. The second-order valence-corrected chi connectivity index (χ2v) is 5.01. The molecule has 1 saturated carbocycles. The van der Waals surface area contributed by atoms with Crippen molar-refractivity contribution in [2.75, 3.05) is 0 Å². The standard InChI is InChI=1S/C13H15ClN2/c1-8-11-5-2-9(14)6-12(11)16-13(8)7-15-10-3-4-10/h2,5-6,10,15-16H,3-4,7H2,1H3. The lowest BCUT2D eigenvalue weighted by molar-refractivity contribution is 0.676. The Labute approximate surface area is 100.0 Å². The van der Waals surface area contributed by atoms with Gasteiger partial charge in [-0.05, 0) is 37.5 Å². The second-order valence-electron chi connectivity index (χ2n) is 4.57. The molecule has 1 fully saturated rings. The van der Waals surface area contributed by atoms with Crippen molar-refractivity contribution in [1.29, 1.82) is 0 Å². The zero-order valence-corrected chi connectivity index (χ0v) is 10.1. The molecule has 2 nitrogen and oxygen atoms in total. The Balaban J connectivity index is 1.94. The molecule has 84 valence electrons. The Morgan fingerprint density at radius 1 is 1.44 bits per heavy atom. The molecule has 0 atom stereocenters. The summed E-state index contributed by atoms with van der Waals surface area (Å²) in [6.07, 6.45) is 2.65. The van der Waals surface area contributed by atoms with E-state index in [1.807, 2.05) is 12.1 Å². The molecule has 2 N–H and O–H groups in total. The Hall–Kier alpha value is -0.990. The SMILES string of the molecule is Cc1c(CNC2CC2)[nH]c2cc(Cl)ccc12. The van der Waals surface area contributed by atoms with Crippen LogP contribution < -0.4 is 5.32 Å². The molecule has 0 saturated heterocycles. The van der Waals surface area contributed by atoms with Gasteiger partial charge < -0.3 is 10.3 Å². The first kappa shape index (κ1) is 10.2. The van der Waals surface area contributed by atoms with Crippen LogP contribution in [-0.4, -0.2) is 11.0 Å². The van der Waals surface area contributed by atoms with Crippen LogP contribution in [0, 0.1) is 6.92 Å². The maximum Gasteiger partial charge on any atom is 0.0474 e. The monoisotopic (exact) mass is 234 g/mol. The molecule has 3 heteroatoms. The number of H-pyrrole nitrogens is 1. The molecule has 0 amide bonds. The fourth-order valence-electron chi connectivity index (χ4n) is 2.08. The van der Waals surface area contributed by atoms with E-state index < -0.39 is 0 Å². The highest BCUT2D eigenvalue weighted by Crippen LogP contribution is 2.25. The van der Waals surface area contributed by atoms with E-state index in [0.717, 1.165) is 23.1 Å². The highest BCUT2D eigenvalue weighted by atomic mass is 35.5. The summed E-state index contributed by atoms with van der Waals surface area (Å²) >= 11 is 5.98. The van der Waals surface area contributed by atoms with Crippen LogP contribution in [0.4, 0.5) is 0 Å². The van der Waals surface area contributed by atoms with Gasteiger partial charge >= 0.3 is 0 Å². The lowest BCUT2D eigenvalue weighted by Crippen LogP contribution is -2.16. The molecule has 0 unspecified atom stereocenters. The number of nitrogens with one attached hydrogen (secondary N) is 2. The first-order chi connectivity index (χ1) is 7.74. The Morgan fingerprint density at radius 3 is 3.00 bits per heavy atom. The summed E-state index contributed by atoms with van der Waals surface area (Å²) in [4.78, 5) is 3.44. The zero-order chi connectivity index (χ0) is 11.1. The molecule has 2 aromatic rings. The first-order valence-electron chi connectivity index (χ1n) is 5.74. The van der Waals surface area contributed by atoms with Crippen LogP contribution in [0.5, 0.6) is 0 Å². The molecule has 3 rings (SSSR count). The van der Waals surface area contributed by atoms with Gasteiger partial charge in [-0.3, -0.25) is 0 Å². The lowest BCUT2D eigenvalue weighted by Gasteiger charge is -2.01. The van der Waals surface area contributed by atoms with Gasteiger partial charge in [-0.15, -0.1) is 0 Å². The minimum absolute atomic E-state index is 0.745. The Bertz CT molecular complexity index is 526. The van der Waals surface area contributed by atoms with Crippen molar-refractivity contribution in [3.8, 4) is 0 Å². The van der Waals surface area contributed by atoms with Gasteiger partial charge in [0.05, 0.1) is 0 Å². The minimum atomic E-state index is 0.745. The lowest BCUT2D eigenvalue weighted by atomic mass is 10.1. The average Bonchev–Trinajstić information content (AvgIpc) is 3.03. The fraction of sp³-hybridized carbons (Fsp3) is 0.385. The van der Waals surface area contributed by atoms with Crippen LogP contribution >= 0.6 is 11.6 Å². The first-order valence-corrected chi connectivity index (χ1v) is 6.12. The van der Waals surface area contributed by atoms with Gasteiger partial charge in [0.1, 0.15) is 0 Å². The number of aryl methyl sites for hydroxylation is 1. The zero-order valence-electron chi connectivity index (χ0n) is 9.31. The Kier molecular flexibility index (Phi) is 2.41. The summed E-state index contributed by atoms with van der Waals surface area (Å²) in [5.41, 5.74) is 3.75. The van der Waals surface area contributed by atoms with Crippen LogP contribution in [0.2, 0.25) is 5.02 Å². The van der Waals surface area contributed by atoms with Crippen LogP contribution in [0.1, 0.15) is 24.1 Å². The fourth-order valence-corrected chi connectivity index (χ4v) is 2.25. The van der Waals surface area contributed by atoms with E-state index in [1.54, 1.807) is 0 Å². The molecule has 1 aromatic carbocycles. The third-order valence-electron chi connectivity index (χ3n) is 3.27. The maximum atomic E-state index is 5.98. The minimum Gasteiger partial charge on any atom is -0.357 e. The van der Waals surface area contributed by atoms with E-state index in [9.17, 15) is 0 Å². The number of fused-ring (bicyclic) bond motifs is 1. The molecule has 16 heavy (non-hydrogen) atoms. The van der Waals surface area contributed by atoms with Gasteiger partial charge in [-0.2, -0.15) is 0 Å². The van der Waals surface area contributed by atoms with E-state index in [1.165, 1.54) is 29.5 Å². The van der Waals surface area contributed by atoms with Gasteiger partial charge in [0.2, 0.25) is 0 Å². The van der Waals surface area contributed by atoms with Crippen molar-refractivity contribution in [3.63, 3.8) is 0 Å². The highest BCUT2D eigenvalue weighted by Gasteiger charge is 2.20. The number of aromatic amines is 1. The molecule has 1 aromatic heterocycles. The van der Waals surface area contributed by atoms with E-state index in [0.29, 0.717) is 0 Å². The second kappa shape index (κ2) is 3.79. The largest absolute Gasteiger partial charge is 0.357 e. The molecule has 0 spiro atoms. The topological polar surface area (TPSA) is 27.8 Å².